The summed E-state index contributed by atoms with van der Waals surface area (Å²) < 4.78 is 11.1. The maximum atomic E-state index is 13.2. The Labute approximate surface area is 379 Å². The highest BCUT2D eigenvalue weighted by molar-refractivity contribution is 6.03. The first-order valence-corrected chi connectivity index (χ1v) is 24.1. The first-order valence-electron chi connectivity index (χ1n) is 24.1. The van der Waals surface area contributed by atoms with Gasteiger partial charge in [0.05, 0.1) is 38.0 Å². The van der Waals surface area contributed by atoms with Crippen LogP contribution in [-0.4, -0.2) is 99.1 Å². The fraction of sp³-hybridized carbons (Fsp3) is 0.627. The minimum Gasteiger partial charge on any atom is -0.501 e. The molecule has 3 amide bonds. The number of unbranched alkanes of at least 4 members (excludes halogenated alkanes) is 2. The van der Waals surface area contributed by atoms with Gasteiger partial charge in [0.25, 0.3) is 0 Å². The fourth-order valence-corrected chi connectivity index (χ4v) is 8.36. The number of rotatable bonds is 28. The number of imide groups is 1. The minimum absolute atomic E-state index is 0.00425. The number of nitrogens with zero attached hydrogens (tertiary/aromatic N) is 3. The highest BCUT2D eigenvalue weighted by Gasteiger charge is 2.42. The lowest BCUT2D eigenvalue weighted by Gasteiger charge is -2.24. The zero-order valence-corrected chi connectivity index (χ0v) is 38.7. The highest BCUT2D eigenvalue weighted by Crippen LogP contribution is 2.35. The standard InChI is InChI=1S/C51H79N7O5/c1-5-26-52-28-25-41(4)63-34-17-33-62-32-16-27-53-38-46-35-44(37-56-46)42-18-13-14-21-45(24-23-42)55-30-29-54-39-48(40(2)3)57-49(59)22-12-9-15-31-58-50(60)36-47(51(58)61)43-19-10-7-6-8-11-20-43/h14,16,18,21,23-26,28,32,37-38,40,43,45-48,54-56H,4-13,15,17,19-20,22,27,29-31,33-36,39H2,1-3H3,(H,57,59)/b21-14?,24-23?,28-25+,32-16+,42-18?,52-26?,53-38?. The number of hydrogen-bond donors (Lipinski definition) is 4. The van der Waals surface area contributed by atoms with Crippen LogP contribution in [0.1, 0.15) is 124 Å². The molecule has 1 saturated carbocycles. The first-order chi connectivity index (χ1) is 30.7. The predicted molar refractivity (Wildman–Crippen MR) is 257 cm³/mol. The van der Waals surface area contributed by atoms with Crippen molar-refractivity contribution in [2.24, 2.45) is 27.7 Å². The molecule has 0 spiro atoms. The van der Waals surface area contributed by atoms with Crippen molar-refractivity contribution in [2.45, 2.75) is 142 Å². The van der Waals surface area contributed by atoms with E-state index >= 15 is 0 Å². The zero-order valence-electron chi connectivity index (χ0n) is 38.7. The van der Waals surface area contributed by atoms with Gasteiger partial charge in [-0.1, -0.05) is 96.3 Å². The summed E-state index contributed by atoms with van der Waals surface area (Å²) in [6, 6.07) is 0.332. The largest absolute Gasteiger partial charge is 0.501 e. The Morgan fingerprint density at radius 1 is 1.03 bits per heavy atom. The summed E-state index contributed by atoms with van der Waals surface area (Å²) in [6.07, 6.45) is 38.9. The van der Waals surface area contributed by atoms with Gasteiger partial charge in [0.1, 0.15) is 5.76 Å². The van der Waals surface area contributed by atoms with Crippen LogP contribution in [0.3, 0.4) is 0 Å². The molecular formula is C51H79N7O5. The van der Waals surface area contributed by atoms with E-state index in [2.05, 4.69) is 88.3 Å². The van der Waals surface area contributed by atoms with Gasteiger partial charge in [-0.25, -0.2) is 0 Å². The summed E-state index contributed by atoms with van der Waals surface area (Å²) in [7, 11) is 0. The number of carbonyl (C=O) groups is 3. The van der Waals surface area contributed by atoms with Crippen molar-refractivity contribution >= 4 is 30.2 Å². The predicted octanol–water partition coefficient (Wildman–Crippen LogP) is 8.18. The van der Waals surface area contributed by atoms with Gasteiger partial charge >= 0.3 is 0 Å². The molecule has 63 heavy (non-hydrogen) atoms. The molecule has 4 unspecified atom stereocenters. The molecule has 4 N–H and O–H groups in total. The topological polar surface area (TPSA) is 146 Å². The van der Waals surface area contributed by atoms with E-state index in [1.54, 1.807) is 18.5 Å². The molecule has 2 aliphatic heterocycles. The highest BCUT2D eigenvalue weighted by atomic mass is 16.5. The Bertz CT molecular complexity index is 1650. The molecule has 4 aliphatic rings. The maximum absolute atomic E-state index is 13.2. The quantitative estimate of drug-likeness (QED) is 0.0154. The second-order valence-electron chi connectivity index (χ2n) is 17.5. The van der Waals surface area contributed by atoms with Crippen molar-refractivity contribution in [1.82, 2.24) is 26.2 Å². The SMILES string of the molecule is C=C(/C=C/N=CCC)OCCCO/C=C/CN=CC1CC(C2=CCC=CC(NCCNCC(NC(=O)CCCCCN3C(=O)CC(C4CCCCCCC4)C3=O)C(C)C)C=C2)=CN1. The van der Waals surface area contributed by atoms with Gasteiger partial charge < -0.3 is 30.7 Å². The van der Waals surface area contributed by atoms with Crippen molar-refractivity contribution < 1.29 is 23.9 Å². The Hall–Kier alpha value is -4.55. The average Bonchev–Trinajstić information content (AvgIpc) is 3.83. The summed E-state index contributed by atoms with van der Waals surface area (Å²) in [5.74, 6) is 1.23. The lowest BCUT2D eigenvalue weighted by atomic mass is 9.81. The van der Waals surface area contributed by atoms with E-state index in [-0.39, 0.29) is 41.8 Å². The molecule has 12 nitrogen and oxygen atoms in total. The molecule has 0 aromatic heterocycles. The molecule has 0 bridgehead atoms. The van der Waals surface area contributed by atoms with Gasteiger partial charge in [-0.15, -0.1) is 0 Å². The van der Waals surface area contributed by atoms with E-state index in [0.717, 1.165) is 70.9 Å². The number of carbonyl (C=O) groups excluding carboxylic acids is 3. The van der Waals surface area contributed by atoms with Gasteiger partial charge in [0.2, 0.25) is 17.7 Å². The van der Waals surface area contributed by atoms with Crippen LogP contribution in [0.15, 0.2) is 94.7 Å². The number of hydrogen-bond acceptors (Lipinski definition) is 10. The van der Waals surface area contributed by atoms with Crippen LogP contribution < -0.4 is 21.3 Å². The molecule has 4 atom stereocenters. The second-order valence-corrected chi connectivity index (χ2v) is 17.5. The zero-order chi connectivity index (χ0) is 44.9. The second kappa shape index (κ2) is 30.5. The summed E-state index contributed by atoms with van der Waals surface area (Å²) in [5, 5.41) is 13.9. The van der Waals surface area contributed by atoms with Gasteiger partial charge in [-0.2, -0.15) is 0 Å². The average molecular weight is 870 g/mol. The summed E-state index contributed by atoms with van der Waals surface area (Å²) in [6.45, 7) is 14.6. The van der Waals surface area contributed by atoms with Gasteiger partial charge in [-0.05, 0) is 80.1 Å². The summed E-state index contributed by atoms with van der Waals surface area (Å²) in [4.78, 5) is 49.0. The molecule has 4 rings (SSSR count). The molecule has 2 aliphatic carbocycles. The van der Waals surface area contributed by atoms with Crippen molar-refractivity contribution in [2.75, 3.05) is 45.9 Å². The van der Waals surface area contributed by atoms with Crippen LogP contribution in [0.4, 0.5) is 0 Å². The van der Waals surface area contributed by atoms with E-state index in [0.29, 0.717) is 63.3 Å². The van der Waals surface area contributed by atoms with Crippen LogP contribution in [0.25, 0.3) is 0 Å². The lowest BCUT2D eigenvalue weighted by molar-refractivity contribution is -0.140. The Morgan fingerprint density at radius 2 is 1.86 bits per heavy atom. The van der Waals surface area contributed by atoms with Crippen LogP contribution >= 0.6 is 0 Å². The minimum atomic E-state index is -0.116. The van der Waals surface area contributed by atoms with Crippen molar-refractivity contribution in [3.63, 3.8) is 0 Å². The van der Waals surface area contributed by atoms with Crippen molar-refractivity contribution in [3.8, 4) is 0 Å². The number of likely N-dealkylation sites (tertiary alicyclic amines) is 1. The molecule has 1 saturated heterocycles. The van der Waals surface area contributed by atoms with Gasteiger partial charge in [0.15, 0.2) is 0 Å². The number of aliphatic imine (C=N–C) groups is 2. The van der Waals surface area contributed by atoms with Gasteiger partial charge in [0, 0.05) is 82.4 Å². The molecule has 2 fully saturated rings. The fourth-order valence-electron chi connectivity index (χ4n) is 8.36. The Morgan fingerprint density at radius 3 is 2.67 bits per heavy atom. The normalized spacial score (nSPS) is 21.8. The molecule has 348 valence electrons. The van der Waals surface area contributed by atoms with E-state index in [1.165, 1.54) is 48.2 Å². The van der Waals surface area contributed by atoms with Crippen LogP contribution in [0, 0.1) is 17.8 Å². The van der Waals surface area contributed by atoms with Crippen LogP contribution in [-0.2, 0) is 23.9 Å². The van der Waals surface area contributed by atoms with E-state index in [9.17, 15) is 14.4 Å². The van der Waals surface area contributed by atoms with Crippen molar-refractivity contribution in [1.29, 1.82) is 0 Å². The number of amides is 3. The molecule has 0 aromatic carbocycles. The third-order valence-electron chi connectivity index (χ3n) is 12.1. The van der Waals surface area contributed by atoms with E-state index < -0.39 is 0 Å². The third-order valence-corrected chi connectivity index (χ3v) is 12.1. The molecule has 2 heterocycles. The molecule has 12 heteroatoms. The number of ether oxygens (including phenoxy) is 2. The van der Waals surface area contributed by atoms with Crippen LogP contribution in [0.2, 0.25) is 0 Å². The van der Waals surface area contributed by atoms with E-state index in [1.807, 2.05) is 25.4 Å². The molecule has 0 aromatic rings. The number of nitrogens with one attached hydrogen (secondary N) is 4. The first kappa shape index (κ1) is 51.1. The summed E-state index contributed by atoms with van der Waals surface area (Å²) >= 11 is 0. The monoisotopic (exact) mass is 870 g/mol. The van der Waals surface area contributed by atoms with Crippen molar-refractivity contribution in [3.05, 3.63) is 84.7 Å². The Kier molecular flexibility index (Phi) is 24.7. The molecular weight excluding hydrogens is 791 g/mol. The third kappa shape index (κ3) is 20.2. The molecule has 0 radical (unpaired) electrons. The van der Waals surface area contributed by atoms with E-state index in [4.69, 9.17) is 9.47 Å². The lowest BCUT2D eigenvalue weighted by Crippen LogP contribution is -2.46. The van der Waals surface area contributed by atoms with Gasteiger partial charge in [-0.3, -0.25) is 29.3 Å². The maximum Gasteiger partial charge on any atom is 0.233 e. The van der Waals surface area contributed by atoms with Crippen LogP contribution in [0.5, 0.6) is 0 Å². The number of allylic oxidation sites excluding steroid dienone is 5. The smallest absolute Gasteiger partial charge is 0.233 e. The Balaban J connectivity index is 1.03. The summed E-state index contributed by atoms with van der Waals surface area (Å²) in [5.41, 5.74) is 2.51.